The van der Waals surface area contributed by atoms with Crippen LogP contribution in [0.5, 0.6) is 0 Å². The zero-order valence-electron chi connectivity index (χ0n) is 14.4. The number of aliphatic hydroxyl groups is 1. The van der Waals surface area contributed by atoms with Crippen LogP contribution in [0.1, 0.15) is 12.8 Å². The summed E-state index contributed by atoms with van der Waals surface area (Å²) in [6.45, 7) is 1.11. The van der Waals surface area contributed by atoms with Crippen molar-refractivity contribution in [3.8, 4) is 11.1 Å². The highest BCUT2D eigenvalue weighted by Gasteiger charge is 2.26. The molecule has 2 aromatic carbocycles. The molecule has 1 atom stereocenters. The lowest BCUT2D eigenvalue weighted by atomic mass is 10.0. The van der Waals surface area contributed by atoms with Crippen LogP contribution in [0.2, 0.25) is 0 Å². The fraction of sp³-hybridized carbons (Fsp3) is 0.238. The first-order chi connectivity index (χ1) is 12.9. The number of nitrogens with zero attached hydrogens (tertiary/aromatic N) is 4. The summed E-state index contributed by atoms with van der Waals surface area (Å²) in [6, 6.07) is 16.9. The van der Waals surface area contributed by atoms with Crippen LogP contribution in [0.4, 0.5) is 5.82 Å². The van der Waals surface area contributed by atoms with E-state index in [1.54, 1.807) is 0 Å². The minimum Gasteiger partial charge on any atom is -0.394 e. The van der Waals surface area contributed by atoms with Crippen LogP contribution >= 0.6 is 0 Å². The van der Waals surface area contributed by atoms with Crippen molar-refractivity contribution >= 4 is 22.2 Å². The first-order valence-electron chi connectivity index (χ1n) is 9.05. The van der Waals surface area contributed by atoms with E-state index in [-0.39, 0.29) is 12.6 Å². The molecule has 5 rings (SSSR count). The normalized spacial score (nSPS) is 17.4. The van der Waals surface area contributed by atoms with E-state index in [1.807, 2.05) is 23.0 Å². The van der Waals surface area contributed by atoms with Gasteiger partial charge in [-0.05, 0) is 35.2 Å². The average molecular weight is 344 g/mol. The summed E-state index contributed by atoms with van der Waals surface area (Å²) in [5.74, 6) is 0.998. The summed E-state index contributed by atoms with van der Waals surface area (Å²) in [5.41, 5.74) is 3.02. The van der Waals surface area contributed by atoms with Crippen LogP contribution in [0.25, 0.3) is 27.5 Å². The van der Waals surface area contributed by atoms with E-state index in [9.17, 15) is 5.11 Å². The summed E-state index contributed by atoms with van der Waals surface area (Å²) >= 11 is 0. The summed E-state index contributed by atoms with van der Waals surface area (Å²) in [6.07, 6.45) is 5.84. The van der Waals surface area contributed by atoms with Crippen molar-refractivity contribution < 1.29 is 5.11 Å². The molecule has 2 aromatic heterocycles. The molecule has 5 nitrogen and oxygen atoms in total. The molecular formula is C21H20N4O. The SMILES string of the molecule is OC[C@@H]1CCCN1c1ccnc2c(-c3cccc4ccccc34)cnn12. The molecule has 4 aromatic rings. The Morgan fingerprint density at radius 2 is 1.92 bits per heavy atom. The summed E-state index contributed by atoms with van der Waals surface area (Å²) < 4.78 is 1.91. The first-order valence-corrected chi connectivity index (χ1v) is 9.05. The van der Waals surface area contributed by atoms with Gasteiger partial charge in [0.1, 0.15) is 5.82 Å². The van der Waals surface area contributed by atoms with Crippen molar-refractivity contribution in [1.82, 2.24) is 14.6 Å². The van der Waals surface area contributed by atoms with Gasteiger partial charge in [-0.15, -0.1) is 0 Å². The summed E-state index contributed by atoms with van der Waals surface area (Å²) in [4.78, 5) is 6.86. The fourth-order valence-corrected chi connectivity index (χ4v) is 4.07. The first kappa shape index (κ1) is 15.3. The molecule has 0 unspecified atom stereocenters. The molecule has 0 amide bonds. The smallest absolute Gasteiger partial charge is 0.165 e. The maximum absolute atomic E-state index is 9.68. The van der Waals surface area contributed by atoms with Crippen molar-refractivity contribution in [2.45, 2.75) is 18.9 Å². The third kappa shape index (κ3) is 2.28. The van der Waals surface area contributed by atoms with Crippen LogP contribution in [0.3, 0.4) is 0 Å². The molecular weight excluding hydrogens is 324 g/mol. The minimum absolute atomic E-state index is 0.158. The Kier molecular flexibility index (Phi) is 3.60. The van der Waals surface area contributed by atoms with Crippen molar-refractivity contribution in [2.75, 3.05) is 18.1 Å². The lowest BCUT2D eigenvalue weighted by molar-refractivity contribution is 0.265. The number of benzene rings is 2. The molecule has 3 heterocycles. The van der Waals surface area contributed by atoms with Gasteiger partial charge >= 0.3 is 0 Å². The van der Waals surface area contributed by atoms with E-state index >= 15 is 0 Å². The molecule has 0 aliphatic carbocycles. The van der Waals surface area contributed by atoms with Crippen molar-refractivity contribution in [1.29, 1.82) is 0 Å². The van der Waals surface area contributed by atoms with Gasteiger partial charge in [0.25, 0.3) is 0 Å². The van der Waals surface area contributed by atoms with Gasteiger partial charge in [0.2, 0.25) is 0 Å². The molecule has 1 aliphatic rings. The Hall–Kier alpha value is -2.92. The molecule has 0 radical (unpaired) electrons. The lowest BCUT2D eigenvalue weighted by Crippen LogP contribution is -2.33. The molecule has 26 heavy (non-hydrogen) atoms. The van der Waals surface area contributed by atoms with E-state index in [2.05, 4.69) is 57.4 Å². The van der Waals surface area contributed by atoms with E-state index in [0.29, 0.717) is 0 Å². The third-order valence-corrected chi connectivity index (χ3v) is 5.34. The van der Waals surface area contributed by atoms with Crippen LogP contribution in [-0.2, 0) is 0 Å². The second kappa shape index (κ2) is 6.11. The molecule has 1 aliphatic heterocycles. The third-order valence-electron chi connectivity index (χ3n) is 5.34. The average Bonchev–Trinajstić information content (AvgIpc) is 3.34. The molecule has 0 saturated carbocycles. The van der Waals surface area contributed by atoms with Crippen LogP contribution < -0.4 is 4.90 Å². The monoisotopic (exact) mass is 344 g/mol. The van der Waals surface area contributed by atoms with Crippen molar-refractivity contribution in [2.24, 2.45) is 0 Å². The number of anilines is 1. The Balaban J connectivity index is 1.70. The quantitative estimate of drug-likeness (QED) is 0.618. The zero-order chi connectivity index (χ0) is 17.5. The van der Waals surface area contributed by atoms with Gasteiger partial charge < -0.3 is 10.0 Å². The second-order valence-electron chi connectivity index (χ2n) is 6.80. The summed E-state index contributed by atoms with van der Waals surface area (Å²) in [5, 5.41) is 16.7. The number of hydrogen-bond donors (Lipinski definition) is 1. The lowest BCUT2D eigenvalue weighted by Gasteiger charge is -2.25. The molecule has 0 spiro atoms. The maximum atomic E-state index is 9.68. The minimum atomic E-state index is 0.158. The highest BCUT2D eigenvalue weighted by molar-refractivity contribution is 5.99. The largest absolute Gasteiger partial charge is 0.394 e. The van der Waals surface area contributed by atoms with E-state index < -0.39 is 0 Å². The van der Waals surface area contributed by atoms with Gasteiger partial charge in [-0.3, -0.25) is 0 Å². The molecule has 1 fully saturated rings. The summed E-state index contributed by atoms with van der Waals surface area (Å²) in [7, 11) is 0. The number of aromatic nitrogens is 3. The molecule has 130 valence electrons. The highest BCUT2D eigenvalue weighted by atomic mass is 16.3. The predicted octanol–water partition coefficient (Wildman–Crippen LogP) is 3.51. The van der Waals surface area contributed by atoms with Gasteiger partial charge in [-0.2, -0.15) is 9.61 Å². The van der Waals surface area contributed by atoms with Gasteiger partial charge in [0.05, 0.1) is 18.8 Å². The molecule has 0 bridgehead atoms. The zero-order valence-corrected chi connectivity index (χ0v) is 14.4. The Bertz CT molecular complexity index is 1080. The van der Waals surface area contributed by atoms with Gasteiger partial charge in [-0.25, -0.2) is 4.98 Å². The second-order valence-corrected chi connectivity index (χ2v) is 6.80. The topological polar surface area (TPSA) is 53.7 Å². The Labute approximate surface area is 151 Å². The van der Waals surface area contributed by atoms with Gasteiger partial charge in [-0.1, -0.05) is 42.5 Å². The number of hydrogen-bond acceptors (Lipinski definition) is 4. The van der Waals surface area contributed by atoms with Gasteiger partial charge in [0.15, 0.2) is 5.65 Å². The van der Waals surface area contributed by atoms with E-state index in [4.69, 9.17) is 0 Å². The predicted molar refractivity (Wildman–Crippen MR) is 103 cm³/mol. The van der Waals surface area contributed by atoms with Crippen molar-refractivity contribution in [3.63, 3.8) is 0 Å². The molecule has 1 saturated heterocycles. The van der Waals surface area contributed by atoms with E-state index in [1.165, 1.54) is 10.8 Å². The standard InChI is InChI=1S/C21H20N4O/c26-14-16-7-4-12-24(16)20-10-11-22-21-19(13-23-25(20)21)18-9-3-6-15-5-1-2-8-17(15)18/h1-3,5-6,8-11,13,16,26H,4,7,12,14H2/t16-/m0/s1. The van der Waals surface area contributed by atoms with Gasteiger partial charge in [0, 0.05) is 18.3 Å². The van der Waals surface area contributed by atoms with Crippen molar-refractivity contribution in [3.05, 3.63) is 60.9 Å². The maximum Gasteiger partial charge on any atom is 0.165 e. The van der Waals surface area contributed by atoms with Crippen LogP contribution in [-0.4, -0.2) is 38.9 Å². The van der Waals surface area contributed by atoms with Crippen LogP contribution in [0, 0.1) is 0 Å². The number of rotatable bonds is 3. The Morgan fingerprint density at radius 1 is 1.04 bits per heavy atom. The fourth-order valence-electron chi connectivity index (χ4n) is 4.07. The number of fused-ring (bicyclic) bond motifs is 2. The highest BCUT2D eigenvalue weighted by Crippen LogP contribution is 2.33. The van der Waals surface area contributed by atoms with E-state index in [0.717, 1.165) is 42.0 Å². The number of aliphatic hydroxyl groups excluding tert-OH is 1. The molecule has 1 N–H and O–H groups in total. The van der Waals surface area contributed by atoms with Crippen LogP contribution in [0.15, 0.2) is 60.9 Å². The molecule has 5 heteroatoms. The Morgan fingerprint density at radius 3 is 2.85 bits per heavy atom.